The lowest BCUT2D eigenvalue weighted by atomic mass is 9.95. The van der Waals surface area contributed by atoms with Crippen molar-refractivity contribution in [3.63, 3.8) is 0 Å². The maximum Gasteiger partial charge on any atom is 0.240 e. The molecule has 0 fully saturated rings. The zero-order chi connectivity index (χ0) is 24.0. The first-order valence-electron chi connectivity index (χ1n) is 10.8. The van der Waals surface area contributed by atoms with E-state index in [4.69, 9.17) is 0 Å². The molecule has 0 aliphatic carbocycles. The third-order valence-corrected chi connectivity index (χ3v) is 6.64. The molecule has 0 aliphatic heterocycles. The summed E-state index contributed by atoms with van der Waals surface area (Å²) in [5.41, 5.74) is 3.92. The van der Waals surface area contributed by atoms with Crippen molar-refractivity contribution in [2.24, 2.45) is 0 Å². The number of nitrogens with one attached hydrogen (secondary N) is 2. The Labute approximate surface area is 199 Å². The Kier molecular flexibility index (Phi) is 6.97. The van der Waals surface area contributed by atoms with Gasteiger partial charge in [0.1, 0.15) is 17.3 Å². The number of anilines is 2. The molecule has 1 heterocycles. The Morgan fingerprint density at radius 2 is 1.47 bits per heavy atom. The summed E-state index contributed by atoms with van der Waals surface area (Å²) >= 11 is 0. The highest BCUT2D eigenvalue weighted by atomic mass is 32.2. The number of benzene rings is 3. The lowest BCUT2D eigenvalue weighted by Gasteiger charge is -2.15. The van der Waals surface area contributed by atoms with Crippen LogP contribution in [0.4, 0.5) is 11.5 Å². The summed E-state index contributed by atoms with van der Waals surface area (Å²) in [6.07, 6.45) is 0.706. The largest absolute Gasteiger partial charge is 0.338 e. The van der Waals surface area contributed by atoms with Crippen LogP contribution in [-0.2, 0) is 10.0 Å². The van der Waals surface area contributed by atoms with Gasteiger partial charge in [0.15, 0.2) is 5.82 Å². The second-order valence-corrected chi connectivity index (χ2v) is 9.31. The summed E-state index contributed by atoms with van der Waals surface area (Å²) < 4.78 is 27.2. The molecule has 0 bridgehead atoms. The minimum atomic E-state index is -3.56. The predicted octanol–water partition coefficient (Wildman–Crippen LogP) is 5.11. The van der Waals surface area contributed by atoms with Crippen LogP contribution in [0.5, 0.6) is 0 Å². The van der Waals surface area contributed by atoms with Gasteiger partial charge in [-0.15, -0.1) is 10.2 Å². The number of nitriles is 1. The molecule has 34 heavy (non-hydrogen) atoms. The van der Waals surface area contributed by atoms with Crippen LogP contribution in [0.3, 0.4) is 0 Å². The van der Waals surface area contributed by atoms with E-state index in [2.05, 4.69) is 26.3 Å². The molecule has 0 saturated carbocycles. The second-order valence-electron chi connectivity index (χ2n) is 7.54. The summed E-state index contributed by atoms with van der Waals surface area (Å²) in [6, 6.07) is 27.8. The molecule has 0 spiro atoms. The lowest BCUT2D eigenvalue weighted by molar-refractivity contribution is 0.581. The first-order valence-corrected chi connectivity index (χ1v) is 12.3. The number of hydrogen-bond donors (Lipinski definition) is 2. The van der Waals surface area contributed by atoms with Crippen LogP contribution in [0.25, 0.3) is 22.4 Å². The SMILES string of the molecule is CCCNS(=O)(=O)c1ccc(Nc2nnc(-c3ccccc3)c(-c3ccccc3)c2C#N)cc1. The predicted molar refractivity (Wildman–Crippen MR) is 133 cm³/mol. The van der Waals surface area contributed by atoms with E-state index >= 15 is 0 Å². The zero-order valence-corrected chi connectivity index (χ0v) is 19.4. The van der Waals surface area contributed by atoms with E-state index in [0.29, 0.717) is 41.3 Å². The maximum atomic E-state index is 12.3. The smallest absolute Gasteiger partial charge is 0.240 e. The third-order valence-electron chi connectivity index (χ3n) is 5.16. The summed E-state index contributed by atoms with van der Waals surface area (Å²) in [7, 11) is -3.56. The fourth-order valence-corrected chi connectivity index (χ4v) is 4.62. The molecule has 2 N–H and O–H groups in total. The van der Waals surface area contributed by atoms with Crippen molar-refractivity contribution in [3.8, 4) is 28.5 Å². The second kappa shape index (κ2) is 10.3. The zero-order valence-electron chi connectivity index (χ0n) is 18.6. The van der Waals surface area contributed by atoms with E-state index < -0.39 is 10.0 Å². The number of sulfonamides is 1. The molecule has 0 amide bonds. The van der Waals surface area contributed by atoms with E-state index in [0.717, 1.165) is 11.1 Å². The monoisotopic (exact) mass is 469 g/mol. The number of nitrogens with zero attached hydrogens (tertiary/aromatic N) is 3. The van der Waals surface area contributed by atoms with Crippen molar-refractivity contribution >= 4 is 21.5 Å². The maximum absolute atomic E-state index is 12.3. The van der Waals surface area contributed by atoms with Gasteiger partial charge in [0.2, 0.25) is 10.0 Å². The Hall–Kier alpha value is -4.06. The molecule has 0 unspecified atom stereocenters. The normalized spacial score (nSPS) is 11.1. The molecule has 4 aromatic rings. The van der Waals surface area contributed by atoms with E-state index in [-0.39, 0.29) is 4.90 Å². The van der Waals surface area contributed by atoms with Crippen LogP contribution >= 0.6 is 0 Å². The van der Waals surface area contributed by atoms with Crippen LogP contribution < -0.4 is 10.0 Å². The molecule has 4 rings (SSSR count). The highest BCUT2D eigenvalue weighted by molar-refractivity contribution is 7.89. The molecule has 1 aromatic heterocycles. The molecule has 8 heteroatoms. The van der Waals surface area contributed by atoms with Crippen molar-refractivity contribution in [1.82, 2.24) is 14.9 Å². The van der Waals surface area contributed by atoms with Crippen LogP contribution in [0.2, 0.25) is 0 Å². The van der Waals surface area contributed by atoms with E-state index in [1.54, 1.807) is 12.1 Å². The average molecular weight is 470 g/mol. The summed E-state index contributed by atoms with van der Waals surface area (Å²) in [5.74, 6) is 0.292. The molecular formula is C26H23N5O2S. The Bertz CT molecular complexity index is 1420. The first-order chi connectivity index (χ1) is 16.5. The standard InChI is InChI=1S/C26H23N5O2S/c1-2-17-28-34(32,33)22-15-13-21(14-16-22)29-26-23(18-27)24(19-9-5-3-6-10-19)25(30-31-26)20-11-7-4-8-12-20/h3-16,28H,2,17H2,1H3,(H,29,31). The van der Waals surface area contributed by atoms with Gasteiger partial charge in [-0.2, -0.15) is 5.26 Å². The Balaban J connectivity index is 1.75. The van der Waals surface area contributed by atoms with Gasteiger partial charge in [0.05, 0.1) is 4.90 Å². The summed E-state index contributed by atoms with van der Waals surface area (Å²) in [4.78, 5) is 0.169. The minimum Gasteiger partial charge on any atom is -0.338 e. The summed E-state index contributed by atoms with van der Waals surface area (Å²) in [5, 5.41) is 22.0. The fraction of sp³-hybridized carbons (Fsp3) is 0.115. The lowest BCUT2D eigenvalue weighted by Crippen LogP contribution is -2.24. The van der Waals surface area contributed by atoms with E-state index in [1.165, 1.54) is 12.1 Å². The average Bonchev–Trinajstić information content (AvgIpc) is 2.88. The fourth-order valence-electron chi connectivity index (χ4n) is 3.49. The van der Waals surface area contributed by atoms with Gasteiger partial charge in [0.25, 0.3) is 0 Å². The quantitative estimate of drug-likeness (QED) is 0.371. The molecule has 0 atom stereocenters. The topological polar surface area (TPSA) is 108 Å². The number of aromatic nitrogens is 2. The van der Waals surface area contributed by atoms with Crippen LogP contribution in [0.1, 0.15) is 18.9 Å². The van der Waals surface area contributed by atoms with Crippen LogP contribution in [0, 0.1) is 11.3 Å². The van der Waals surface area contributed by atoms with Gasteiger partial charge in [-0.1, -0.05) is 67.6 Å². The van der Waals surface area contributed by atoms with Gasteiger partial charge < -0.3 is 5.32 Å². The van der Waals surface area contributed by atoms with Crippen molar-refractivity contribution in [1.29, 1.82) is 5.26 Å². The molecule has 0 aliphatic rings. The van der Waals surface area contributed by atoms with E-state index in [1.807, 2.05) is 67.6 Å². The van der Waals surface area contributed by atoms with Crippen molar-refractivity contribution in [3.05, 3.63) is 90.5 Å². The minimum absolute atomic E-state index is 0.169. The number of hydrogen-bond acceptors (Lipinski definition) is 6. The molecule has 0 saturated heterocycles. The number of rotatable bonds is 8. The van der Waals surface area contributed by atoms with Crippen molar-refractivity contribution in [2.75, 3.05) is 11.9 Å². The first kappa shape index (κ1) is 23.1. The Morgan fingerprint density at radius 3 is 2.06 bits per heavy atom. The van der Waals surface area contributed by atoms with Crippen molar-refractivity contribution in [2.45, 2.75) is 18.2 Å². The molecule has 7 nitrogen and oxygen atoms in total. The van der Waals surface area contributed by atoms with Crippen LogP contribution in [-0.4, -0.2) is 25.2 Å². The highest BCUT2D eigenvalue weighted by Crippen LogP contribution is 2.36. The molecular weight excluding hydrogens is 446 g/mol. The van der Waals surface area contributed by atoms with Gasteiger partial charge in [-0.05, 0) is 36.2 Å². The molecule has 0 radical (unpaired) electrons. The van der Waals surface area contributed by atoms with E-state index in [9.17, 15) is 13.7 Å². The Morgan fingerprint density at radius 1 is 0.853 bits per heavy atom. The van der Waals surface area contributed by atoms with Gasteiger partial charge in [-0.3, -0.25) is 0 Å². The van der Waals surface area contributed by atoms with Gasteiger partial charge in [0, 0.05) is 23.4 Å². The molecule has 170 valence electrons. The van der Waals surface area contributed by atoms with Crippen LogP contribution in [0.15, 0.2) is 89.8 Å². The van der Waals surface area contributed by atoms with Gasteiger partial charge >= 0.3 is 0 Å². The third kappa shape index (κ3) is 4.96. The van der Waals surface area contributed by atoms with Gasteiger partial charge in [-0.25, -0.2) is 13.1 Å². The highest BCUT2D eigenvalue weighted by Gasteiger charge is 2.20. The molecule has 3 aromatic carbocycles. The summed E-state index contributed by atoms with van der Waals surface area (Å²) in [6.45, 7) is 2.27. The van der Waals surface area contributed by atoms with Crippen molar-refractivity contribution < 1.29 is 8.42 Å².